The number of nitrogens with one attached hydrogen (secondary N) is 1. The van der Waals surface area contributed by atoms with Gasteiger partial charge in [-0.3, -0.25) is 18.6 Å². The minimum atomic E-state index is -2.29. The zero-order valence-electron chi connectivity index (χ0n) is 32.5. The molecule has 0 spiro atoms. The van der Waals surface area contributed by atoms with Gasteiger partial charge in [-0.05, 0) is 54.0 Å². The summed E-state index contributed by atoms with van der Waals surface area (Å²) in [6, 6.07) is 16.6. The lowest BCUT2D eigenvalue weighted by Gasteiger charge is -2.36. The van der Waals surface area contributed by atoms with Crippen LogP contribution in [0, 0.1) is 0 Å². The van der Waals surface area contributed by atoms with Crippen LogP contribution in [0.5, 0.6) is 11.5 Å². The number of aromatic nitrogens is 2. The molecule has 5 rings (SSSR count). The Morgan fingerprint density at radius 1 is 0.925 bits per heavy atom. The monoisotopic (exact) mass is 770 g/mol. The van der Waals surface area contributed by atoms with Gasteiger partial charge >= 0.3 is 11.8 Å². The van der Waals surface area contributed by atoms with Gasteiger partial charge in [-0.2, -0.15) is 10.0 Å². The van der Waals surface area contributed by atoms with Crippen LogP contribution in [0.3, 0.4) is 0 Å². The second kappa shape index (κ2) is 16.4. The van der Waals surface area contributed by atoms with Crippen molar-refractivity contribution in [3.63, 3.8) is 0 Å². The first-order chi connectivity index (χ1) is 24.9. The van der Waals surface area contributed by atoms with E-state index in [0.717, 1.165) is 5.56 Å². The van der Waals surface area contributed by atoms with Crippen molar-refractivity contribution in [3.05, 3.63) is 76.8 Å². The molecule has 3 heterocycles. The molecule has 2 aliphatic rings. The number of alkyl carbamates (subject to hydrolysis) is 1. The lowest BCUT2D eigenvalue weighted by Crippen LogP contribution is -2.44. The molecule has 16 heteroatoms. The third-order valence-electron chi connectivity index (χ3n) is 10.2. The summed E-state index contributed by atoms with van der Waals surface area (Å²) in [6.07, 6.45) is -0.672. The predicted molar refractivity (Wildman–Crippen MR) is 204 cm³/mol. The number of nitrogens with zero attached hydrogens (tertiary/aromatic N) is 3. The highest BCUT2D eigenvalue weighted by Gasteiger charge is 2.45. The Kier molecular flexibility index (Phi) is 12.6. The molecule has 0 aliphatic carbocycles. The molecule has 1 fully saturated rings. The van der Waals surface area contributed by atoms with E-state index in [-0.39, 0.29) is 54.4 Å². The minimum Gasteiger partial charge on any atom is -0.450 e. The Morgan fingerprint density at radius 3 is 2.28 bits per heavy atom. The summed E-state index contributed by atoms with van der Waals surface area (Å²) in [5, 5.41) is 3.96. The van der Waals surface area contributed by atoms with Crippen molar-refractivity contribution in [2.45, 2.75) is 109 Å². The van der Waals surface area contributed by atoms with Crippen LogP contribution in [0.15, 0.2) is 65.6 Å². The van der Waals surface area contributed by atoms with Crippen LogP contribution in [-0.2, 0) is 39.8 Å². The van der Waals surface area contributed by atoms with E-state index in [1.807, 2.05) is 42.5 Å². The van der Waals surface area contributed by atoms with E-state index in [0.29, 0.717) is 11.4 Å². The first-order valence-electron chi connectivity index (χ1n) is 17.9. The number of carbonyl (C=O) groups excluding carboxylic acids is 1. The fourth-order valence-corrected chi connectivity index (χ4v) is 6.03. The van der Waals surface area contributed by atoms with Crippen LogP contribution in [0.2, 0.25) is 36.3 Å². The molecule has 1 saturated heterocycles. The van der Waals surface area contributed by atoms with Crippen molar-refractivity contribution in [1.29, 1.82) is 0 Å². The molecule has 0 radical (unpaired) electrons. The Morgan fingerprint density at radius 2 is 1.58 bits per heavy atom. The van der Waals surface area contributed by atoms with Gasteiger partial charge in [0.1, 0.15) is 37.3 Å². The maximum Gasteiger partial charge on any atom is 0.407 e. The minimum absolute atomic E-state index is 0.0522. The molecule has 1 aromatic heterocycles. The quantitative estimate of drug-likeness (QED) is 0.0737. The summed E-state index contributed by atoms with van der Waals surface area (Å²) in [7, 11) is -4.51. The van der Waals surface area contributed by atoms with E-state index in [4.69, 9.17) is 38.0 Å². The Labute approximate surface area is 313 Å². The SMILES string of the molecule is CC(C)(C)[Si](C)(C)OOC[C@H]1O[C@@H](n2cc3c(nc2=O)N(OCCNC(=O)OCc2ccccc2)c2ccccc2O3)C[C@@H]1OO[Si](C)(C)C(C)(C)C. The number of benzene rings is 2. The molecule has 0 bridgehead atoms. The number of carbonyl (C=O) groups is 1. The van der Waals surface area contributed by atoms with Crippen LogP contribution in [0.25, 0.3) is 0 Å². The zero-order chi connectivity index (χ0) is 38.6. The van der Waals surface area contributed by atoms with Crippen molar-refractivity contribution in [3.8, 4) is 11.5 Å². The van der Waals surface area contributed by atoms with E-state index in [9.17, 15) is 9.59 Å². The standard InChI is InChI=1S/C37H54N4O10Si2/c1-36(2,3)52(7,8)50-46-25-31-29(49-51-53(9,10)37(4,5)6)22-32(48-31)40-23-30-33(39-34(40)42)41(27-18-14-15-19-28(27)47-30)45-21-20-38-35(43)44-24-26-16-12-11-13-17-26/h11-19,23,29,31-32H,20-22,24-25H2,1-10H3,(H,38,43)/t29-,31+,32+/m0/s1. The van der Waals surface area contributed by atoms with Gasteiger partial charge in [-0.1, -0.05) is 84.0 Å². The van der Waals surface area contributed by atoms with Gasteiger partial charge in [0, 0.05) is 13.0 Å². The summed E-state index contributed by atoms with van der Waals surface area (Å²) in [6.45, 7) is 21.6. The summed E-state index contributed by atoms with van der Waals surface area (Å²) in [5.41, 5.74) is 0.835. The summed E-state index contributed by atoms with van der Waals surface area (Å²) < 4.78 is 31.4. The highest BCUT2D eigenvalue weighted by Crippen LogP contribution is 2.46. The first kappa shape index (κ1) is 40.6. The zero-order valence-corrected chi connectivity index (χ0v) is 34.5. The second-order valence-corrected chi connectivity index (χ2v) is 25.7. The molecule has 1 N–H and O–H groups in total. The number of hydrogen-bond donors (Lipinski definition) is 1. The van der Waals surface area contributed by atoms with E-state index in [1.54, 1.807) is 18.3 Å². The Balaban J connectivity index is 1.30. The Bertz CT molecular complexity index is 1760. The lowest BCUT2D eigenvalue weighted by atomic mass is 10.2. The molecule has 290 valence electrons. The van der Waals surface area contributed by atoms with Gasteiger partial charge in [-0.15, -0.1) is 0 Å². The van der Waals surface area contributed by atoms with Gasteiger partial charge in [-0.25, -0.2) is 19.4 Å². The van der Waals surface area contributed by atoms with Crippen LogP contribution in [-0.4, -0.2) is 64.2 Å². The van der Waals surface area contributed by atoms with Gasteiger partial charge < -0.3 is 19.5 Å². The number of hydrogen-bond acceptors (Lipinski definition) is 12. The molecule has 2 aromatic carbocycles. The fourth-order valence-electron chi connectivity index (χ4n) is 4.81. The van der Waals surface area contributed by atoms with Crippen molar-refractivity contribution in [2.75, 3.05) is 24.8 Å². The van der Waals surface area contributed by atoms with Crippen molar-refractivity contribution in [1.82, 2.24) is 14.9 Å². The van der Waals surface area contributed by atoms with E-state index >= 15 is 0 Å². The topological polar surface area (TPSA) is 141 Å². The molecule has 2 aliphatic heterocycles. The molecule has 0 unspecified atom stereocenters. The molecule has 53 heavy (non-hydrogen) atoms. The first-order valence-corrected chi connectivity index (χ1v) is 23.8. The highest BCUT2D eigenvalue weighted by molar-refractivity contribution is 6.74. The van der Waals surface area contributed by atoms with Gasteiger partial charge in [0.05, 0.1) is 12.8 Å². The number of ether oxygens (including phenoxy) is 3. The number of amides is 1. The molecule has 3 atom stereocenters. The molecular weight excluding hydrogens is 717 g/mol. The number of anilines is 2. The largest absolute Gasteiger partial charge is 0.450 e. The normalized spacial score (nSPS) is 19.0. The number of para-hydroxylation sites is 2. The smallest absolute Gasteiger partial charge is 0.407 e. The number of rotatable bonds is 14. The predicted octanol–water partition coefficient (Wildman–Crippen LogP) is 7.91. The lowest BCUT2D eigenvalue weighted by molar-refractivity contribution is -0.290. The van der Waals surface area contributed by atoms with Crippen molar-refractivity contribution >= 4 is 34.2 Å². The maximum atomic E-state index is 13.7. The van der Waals surface area contributed by atoms with Gasteiger partial charge in [0.2, 0.25) is 22.5 Å². The van der Waals surface area contributed by atoms with E-state index in [2.05, 4.69) is 78.0 Å². The summed E-state index contributed by atoms with van der Waals surface area (Å²) in [5.74, 6) is 0.928. The highest BCUT2D eigenvalue weighted by atomic mass is 28.4. The van der Waals surface area contributed by atoms with E-state index in [1.165, 1.54) is 9.63 Å². The second-order valence-electron chi connectivity index (χ2n) is 16.3. The number of fused-ring (bicyclic) bond motifs is 2. The van der Waals surface area contributed by atoms with E-state index < -0.39 is 46.9 Å². The van der Waals surface area contributed by atoms with Crippen LogP contribution in [0.4, 0.5) is 16.3 Å². The van der Waals surface area contributed by atoms with Gasteiger partial charge in [0.15, 0.2) is 11.5 Å². The van der Waals surface area contributed by atoms with Crippen LogP contribution < -0.4 is 20.8 Å². The van der Waals surface area contributed by atoms with Crippen molar-refractivity contribution in [2.24, 2.45) is 0 Å². The van der Waals surface area contributed by atoms with Crippen LogP contribution >= 0.6 is 0 Å². The van der Waals surface area contributed by atoms with Crippen molar-refractivity contribution < 1.29 is 42.8 Å². The molecule has 3 aromatic rings. The third kappa shape index (κ3) is 9.93. The maximum absolute atomic E-state index is 13.7. The van der Waals surface area contributed by atoms with Crippen LogP contribution in [0.1, 0.15) is 59.8 Å². The van der Waals surface area contributed by atoms with Gasteiger partial charge in [0.25, 0.3) is 0 Å². The fraction of sp³-hybridized carbons (Fsp3) is 0.541. The molecule has 1 amide bonds. The molecular formula is C37H54N4O10Si2. The summed E-state index contributed by atoms with van der Waals surface area (Å²) in [4.78, 5) is 48.4. The summed E-state index contributed by atoms with van der Waals surface area (Å²) >= 11 is 0. The average Bonchev–Trinajstić information content (AvgIpc) is 3.49. The third-order valence-corrected chi connectivity index (χ3v) is 18.5. The molecule has 14 nitrogen and oxygen atoms in total. The molecule has 0 saturated carbocycles. The Hall–Kier alpha value is -3.62. The average molecular weight is 771 g/mol.